The summed E-state index contributed by atoms with van der Waals surface area (Å²) < 4.78 is 20.2. The van der Waals surface area contributed by atoms with Crippen molar-refractivity contribution in [2.75, 3.05) is 37.7 Å². The van der Waals surface area contributed by atoms with Gasteiger partial charge in [-0.1, -0.05) is 17.7 Å². The summed E-state index contributed by atoms with van der Waals surface area (Å²) in [6, 6.07) is 4.72. The van der Waals surface area contributed by atoms with Crippen molar-refractivity contribution in [3.63, 3.8) is 0 Å². The molecule has 1 aromatic carbocycles. The summed E-state index contributed by atoms with van der Waals surface area (Å²) in [4.78, 5) is 24.5. The van der Waals surface area contributed by atoms with Gasteiger partial charge >= 0.3 is 0 Å². The Morgan fingerprint density at radius 3 is 2.62 bits per heavy atom. The lowest BCUT2D eigenvalue weighted by atomic mass is 9.90. The molecule has 5 rings (SSSR count). The van der Waals surface area contributed by atoms with Crippen LogP contribution < -0.4 is 9.64 Å². The molecule has 7 nitrogen and oxygen atoms in total. The Labute approximate surface area is 203 Å². The third kappa shape index (κ3) is 5.44. The molecule has 1 aliphatic carbocycles. The number of likely N-dealkylation sites (tertiary alicyclic amines) is 1. The molecule has 3 fully saturated rings. The highest BCUT2D eigenvalue weighted by Gasteiger charge is 2.43. The molecular weight excluding hydrogens is 459 g/mol. The van der Waals surface area contributed by atoms with Gasteiger partial charge in [0.05, 0.1) is 36.5 Å². The number of amides is 1. The Bertz CT molecular complexity index is 1010. The van der Waals surface area contributed by atoms with Gasteiger partial charge < -0.3 is 19.6 Å². The van der Waals surface area contributed by atoms with Crippen LogP contribution in [0.15, 0.2) is 30.6 Å². The summed E-state index contributed by atoms with van der Waals surface area (Å²) in [5, 5.41) is 9.86. The van der Waals surface area contributed by atoms with Gasteiger partial charge in [-0.2, -0.15) is 0 Å². The Morgan fingerprint density at radius 2 is 1.94 bits per heavy atom. The van der Waals surface area contributed by atoms with E-state index in [-0.39, 0.29) is 12.3 Å². The number of aromatic nitrogens is 2. The van der Waals surface area contributed by atoms with Crippen molar-refractivity contribution >= 4 is 23.5 Å². The number of β-amino-alcohol motifs (C(OH)–C–C–N with tert-alkyl or cyclic N) is 1. The summed E-state index contributed by atoms with van der Waals surface area (Å²) >= 11 is 5.88. The van der Waals surface area contributed by atoms with Crippen molar-refractivity contribution in [2.24, 2.45) is 17.8 Å². The molecule has 34 heavy (non-hydrogen) atoms. The van der Waals surface area contributed by atoms with Gasteiger partial charge in [-0.15, -0.1) is 0 Å². The largest absolute Gasteiger partial charge is 0.493 e. The van der Waals surface area contributed by atoms with Crippen LogP contribution in [-0.4, -0.2) is 64.8 Å². The molecule has 2 aromatic rings. The quantitative estimate of drug-likeness (QED) is 0.614. The molecule has 1 N–H and O–H groups in total. The molecule has 0 radical (unpaired) electrons. The van der Waals surface area contributed by atoms with Gasteiger partial charge in [0, 0.05) is 32.2 Å². The number of aliphatic hydroxyl groups excluding tert-OH is 1. The van der Waals surface area contributed by atoms with Crippen molar-refractivity contribution in [3.8, 4) is 5.75 Å². The average molecular weight is 489 g/mol. The van der Waals surface area contributed by atoms with Crippen LogP contribution in [0.4, 0.5) is 10.3 Å². The Hall–Kier alpha value is -2.45. The molecule has 2 atom stereocenters. The highest BCUT2D eigenvalue weighted by molar-refractivity contribution is 6.30. The van der Waals surface area contributed by atoms with Gasteiger partial charge in [0.25, 0.3) is 0 Å². The summed E-state index contributed by atoms with van der Waals surface area (Å²) in [5.74, 6) is 2.83. The van der Waals surface area contributed by atoms with Crippen LogP contribution in [0.5, 0.6) is 5.75 Å². The van der Waals surface area contributed by atoms with Crippen LogP contribution in [0.25, 0.3) is 0 Å². The van der Waals surface area contributed by atoms with Gasteiger partial charge in [-0.05, 0) is 55.1 Å². The van der Waals surface area contributed by atoms with Crippen LogP contribution in [0, 0.1) is 23.6 Å². The highest BCUT2D eigenvalue weighted by atomic mass is 35.5. The van der Waals surface area contributed by atoms with E-state index < -0.39 is 11.9 Å². The molecule has 2 aliphatic heterocycles. The lowest BCUT2D eigenvalue weighted by molar-refractivity contribution is -0.140. The standard InChI is InChI=1S/C25H30ClFN4O3/c26-19-12-28-25(29-13-19)30-6-3-16(4-7-30)22-9-17(22)5-8-34-21-2-1-18(23(27)11-21)10-24(33)31-14-20(32)15-31/h1-2,11-13,16-17,20,22,32H,3-10,14-15H2/t17-,22-/m0/s1. The zero-order valence-electron chi connectivity index (χ0n) is 19.1. The maximum absolute atomic E-state index is 14.4. The predicted octanol–water partition coefficient (Wildman–Crippen LogP) is 3.34. The maximum atomic E-state index is 14.4. The SMILES string of the molecule is O=C(Cc1ccc(OCC[C@H]2C[C@H]2C2CCN(c3ncc(Cl)cn3)CC2)cc1F)N1CC(O)C1. The molecule has 0 spiro atoms. The number of piperidine rings is 1. The second-order valence-corrected chi connectivity index (χ2v) is 10.1. The van der Waals surface area contributed by atoms with E-state index in [1.165, 1.54) is 17.4 Å². The van der Waals surface area contributed by atoms with E-state index in [9.17, 15) is 14.3 Å². The summed E-state index contributed by atoms with van der Waals surface area (Å²) in [6.45, 7) is 3.18. The molecule has 1 aromatic heterocycles. The minimum Gasteiger partial charge on any atom is -0.493 e. The molecule has 3 aliphatic rings. The molecule has 9 heteroatoms. The molecule has 1 saturated carbocycles. The van der Waals surface area contributed by atoms with E-state index in [2.05, 4.69) is 14.9 Å². The lowest BCUT2D eigenvalue weighted by Gasteiger charge is -2.35. The normalized spacial score (nSPS) is 23.0. The number of carbonyl (C=O) groups excluding carboxylic acids is 1. The van der Waals surface area contributed by atoms with Gasteiger partial charge in [-0.3, -0.25) is 4.79 Å². The monoisotopic (exact) mass is 488 g/mol. The first-order chi connectivity index (χ1) is 16.5. The Balaban J connectivity index is 1.02. The topological polar surface area (TPSA) is 78.8 Å². The van der Waals surface area contributed by atoms with E-state index in [1.54, 1.807) is 24.5 Å². The Morgan fingerprint density at radius 1 is 1.21 bits per heavy atom. The molecule has 3 heterocycles. The third-order valence-electron chi connectivity index (χ3n) is 7.35. The molecule has 2 saturated heterocycles. The smallest absolute Gasteiger partial charge is 0.227 e. The maximum Gasteiger partial charge on any atom is 0.227 e. The lowest BCUT2D eigenvalue weighted by Crippen LogP contribution is -2.54. The van der Waals surface area contributed by atoms with E-state index in [0.717, 1.165) is 50.1 Å². The first-order valence-corrected chi connectivity index (χ1v) is 12.4. The second kappa shape index (κ2) is 10.0. The van der Waals surface area contributed by atoms with Crippen molar-refractivity contribution in [1.82, 2.24) is 14.9 Å². The number of hydrogen-bond donors (Lipinski definition) is 1. The van der Waals surface area contributed by atoms with Crippen LogP contribution in [0.2, 0.25) is 5.02 Å². The number of hydrogen-bond acceptors (Lipinski definition) is 6. The summed E-state index contributed by atoms with van der Waals surface area (Å²) in [5.41, 5.74) is 0.358. The van der Waals surface area contributed by atoms with Crippen LogP contribution >= 0.6 is 11.6 Å². The van der Waals surface area contributed by atoms with Crippen LogP contribution in [0.3, 0.4) is 0 Å². The van der Waals surface area contributed by atoms with Gasteiger partial charge in [-0.25, -0.2) is 14.4 Å². The number of carbonyl (C=O) groups is 1. The number of halogens is 2. The van der Waals surface area contributed by atoms with Crippen molar-refractivity contribution in [1.29, 1.82) is 0 Å². The molecule has 0 unspecified atom stereocenters. The van der Waals surface area contributed by atoms with Crippen molar-refractivity contribution in [2.45, 2.75) is 38.2 Å². The van der Waals surface area contributed by atoms with Crippen LogP contribution in [-0.2, 0) is 11.2 Å². The first kappa shape index (κ1) is 23.3. The summed E-state index contributed by atoms with van der Waals surface area (Å²) in [6.07, 6.45) is 7.36. The number of benzene rings is 1. The van der Waals surface area contributed by atoms with Gasteiger partial charge in [0.2, 0.25) is 11.9 Å². The second-order valence-electron chi connectivity index (χ2n) is 9.71. The minimum atomic E-state index is -0.451. The number of rotatable bonds is 8. The Kier molecular flexibility index (Phi) is 6.88. The van der Waals surface area contributed by atoms with Crippen LogP contribution in [0.1, 0.15) is 31.2 Å². The first-order valence-electron chi connectivity index (χ1n) is 12.1. The molecule has 182 valence electrons. The fourth-order valence-electron chi connectivity index (χ4n) is 5.20. The number of aliphatic hydroxyl groups is 1. The third-order valence-corrected chi connectivity index (χ3v) is 7.55. The molecule has 0 bridgehead atoms. The summed E-state index contributed by atoms with van der Waals surface area (Å²) in [7, 11) is 0. The number of ether oxygens (including phenoxy) is 1. The predicted molar refractivity (Wildman–Crippen MR) is 126 cm³/mol. The van der Waals surface area contributed by atoms with E-state index in [0.29, 0.717) is 41.9 Å². The fraction of sp³-hybridized carbons (Fsp3) is 0.560. The number of nitrogens with zero attached hydrogens (tertiary/aromatic N) is 4. The average Bonchev–Trinajstić information content (AvgIpc) is 3.59. The van der Waals surface area contributed by atoms with Gasteiger partial charge in [0.15, 0.2) is 0 Å². The van der Waals surface area contributed by atoms with Gasteiger partial charge in [0.1, 0.15) is 11.6 Å². The van der Waals surface area contributed by atoms with E-state index in [4.69, 9.17) is 16.3 Å². The number of anilines is 1. The van der Waals surface area contributed by atoms with Crippen molar-refractivity contribution < 1.29 is 19.0 Å². The van der Waals surface area contributed by atoms with E-state index in [1.807, 2.05) is 0 Å². The van der Waals surface area contributed by atoms with Crippen molar-refractivity contribution in [3.05, 3.63) is 47.0 Å². The highest BCUT2D eigenvalue weighted by Crippen LogP contribution is 2.49. The zero-order valence-corrected chi connectivity index (χ0v) is 19.8. The minimum absolute atomic E-state index is 0.00550. The molecule has 1 amide bonds. The van der Waals surface area contributed by atoms with E-state index >= 15 is 0 Å². The molecular formula is C25H30ClFN4O3. The fourth-order valence-corrected chi connectivity index (χ4v) is 5.30. The zero-order chi connectivity index (χ0) is 23.7.